The monoisotopic (exact) mass is 435 g/mol. The number of para-hydroxylation sites is 1. The molecule has 0 heterocycles. The smallest absolute Gasteiger partial charge is 1.00 e. The van der Waals surface area contributed by atoms with Crippen LogP contribution in [0.2, 0.25) is 0 Å². The van der Waals surface area contributed by atoms with Gasteiger partial charge in [-0.05, 0) is 37.2 Å². The van der Waals surface area contributed by atoms with E-state index >= 15 is 0 Å². The molecule has 2 aromatic rings. The third-order valence-corrected chi connectivity index (χ3v) is 4.35. The van der Waals surface area contributed by atoms with Crippen molar-refractivity contribution in [1.29, 1.82) is 0 Å². The Balaban J connectivity index is 0.00000225. The van der Waals surface area contributed by atoms with E-state index in [0.29, 0.717) is 0 Å². The van der Waals surface area contributed by atoms with E-state index < -0.39 is 0 Å². The molecule has 1 unspecified atom stereocenters. The molecular weight excluding hydrogens is 411 g/mol. The van der Waals surface area contributed by atoms with E-state index in [1.807, 2.05) is 18.2 Å². The van der Waals surface area contributed by atoms with Gasteiger partial charge < -0.3 is 35.0 Å². The summed E-state index contributed by atoms with van der Waals surface area (Å²) in [5.74, 6) is 0. The number of allylic oxidation sites excluding steroid dienone is 2. The van der Waals surface area contributed by atoms with Gasteiger partial charge in [0.25, 0.3) is 0 Å². The molecule has 1 atom stereocenters. The van der Waals surface area contributed by atoms with Gasteiger partial charge in [-0.15, -0.1) is 5.69 Å². The van der Waals surface area contributed by atoms with Crippen molar-refractivity contribution >= 4 is 11.3 Å². The summed E-state index contributed by atoms with van der Waals surface area (Å²) in [6.45, 7) is 3.16. The summed E-state index contributed by atoms with van der Waals surface area (Å²) in [6, 6.07) is 19.1. The molecule has 0 aromatic heterocycles. The van der Waals surface area contributed by atoms with Gasteiger partial charge in [0, 0.05) is 6.54 Å². The molecule has 0 N–H and O–H groups in total. The van der Waals surface area contributed by atoms with Gasteiger partial charge in [0.1, 0.15) is 0 Å². The molecule has 3 rings (SSSR count). The number of hydrogen-bond acceptors (Lipinski definition) is 1. The summed E-state index contributed by atoms with van der Waals surface area (Å²) in [6.07, 6.45) is 5.55. The Kier molecular flexibility index (Phi) is 12.0. The van der Waals surface area contributed by atoms with Crippen LogP contribution in [0.5, 0.6) is 0 Å². The van der Waals surface area contributed by atoms with Crippen molar-refractivity contribution in [1.82, 2.24) is 4.90 Å². The minimum Gasteiger partial charge on any atom is -1.00 e. The van der Waals surface area contributed by atoms with Crippen molar-refractivity contribution in [3.05, 3.63) is 88.8 Å². The Morgan fingerprint density at radius 3 is 2.26 bits per heavy atom. The third-order valence-electron chi connectivity index (χ3n) is 4.35. The molecule has 2 nitrogen and oxygen atoms in total. The van der Waals surface area contributed by atoms with Crippen LogP contribution < -0.4 is 24.8 Å². The Morgan fingerprint density at radius 1 is 0.963 bits per heavy atom. The summed E-state index contributed by atoms with van der Waals surface area (Å²) in [4.78, 5) is 2.23. The summed E-state index contributed by atoms with van der Waals surface area (Å²) in [7, 11) is 4.24. The molecule has 1 radical (unpaired) electrons. The molecule has 27 heavy (non-hydrogen) atoms. The van der Waals surface area contributed by atoms with E-state index in [2.05, 4.69) is 74.5 Å². The third kappa shape index (κ3) is 6.82. The van der Waals surface area contributed by atoms with E-state index in [9.17, 15) is 0 Å². The molecule has 141 valence electrons. The Hall–Kier alpha value is -1.03. The molecule has 0 saturated carbocycles. The van der Waals surface area contributed by atoms with E-state index in [1.165, 1.54) is 22.3 Å². The minimum atomic E-state index is 0. The second kappa shape index (κ2) is 12.4. The zero-order valence-corrected chi connectivity index (χ0v) is 19.1. The van der Waals surface area contributed by atoms with Crippen LogP contribution in [0.3, 0.4) is 0 Å². The normalized spacial score (nSPS) is 13.5. The quantitative estimate of drug-likeness (QED) is 0.571. The number of hydrogen-bond donors (Lipinski definition) is 0. The van der Waals surface area contributed by atoms with Crippen LogP contribution in [-0.4, -0.2) is 25.5 Å². The van der Waals surface area contributed by atoms with Crippen molar-refractivity contribution in [3.63, 3.8) is 0 Å². The predicted molar refractivity (Wildman–Crippen MR) is 104 cm³/mol. The maximum atomic E-state index is 4.89. The molecule has 0 fully saturated rings. The fraction of sp³-hybridized carbons (Fsp3) is 0.273. The average molecular weight is 436 g/mol. The number of halogens is 2. The van der Waals surface area contributed by atoms with Crippen LogP contribution >= 0.6 is 0 Å². The van der Waals surface area contributed by atoms with Crippen LogP contribution in [0.25, 0.3) is 10.9 Å². The summed E-state index contributed by atoms with van der Waals surface area (Å²) < 4.78 is 0. The molecule has 0 amide bonds. The van der Waals surface area contributed by atoms with Crippen LogP contribution in [0.1, 0.15) is 30.5 Å². The molecule has 0 spiro atoms. The summed E-state index contributed by atoms with van der Waals surface area (Å²) in [5.41, 5.74) is 6.53. The summed E-state index contributed by atoms with van der Waals surface area (Å²) in [5, 5.41) is 4.89. The van der Waals surface area contributed by atoms with Crippen molar-refractivity contribution in [2.75, 3.05) is 20.6 Å². The zero-order valence-electron chi connectivity index (χ0n) is 16.0. The number of nitrogens with zero attached hydrogens (tertiary/aromatic N) is 2. The Labute approximate surface area is 190 Å². The molecule has 1 aliphatic rings. The van der Waals surface area contributed by atoms with Crippen molar-refractivity contribution in [3.8, 4) is 0 Å². The second-order valence-corrected chi connectivity index (χ2v) is 6.58. The molecule has 0 bridgehead atoms. The predicted octanol–water partition coefficient (Wildman–Crippen LogP) is -0.266. The van der Waals surface area contributed by atoms with Gasteiger partial charge in [-0.1, -0.05) is 85.3 Å². The van der Waals surface area contributed by atoms with E-state index in [0.717, 1.165) is 18.7 Å². The minimum absolute atomic E-state index is 0. The SMILES string of the molecule is CC([N-]c1ccccc1)c1ccccc1C1=C(CN(C)C)C=CC1.[Cl-].[Cl-].[Ti+3]. The largest absolute Gasteiger partial charge is 3.00 e. The number of rotatable bonds is 6. The molecule has 5 heteroatoms. The van der Waals surface area contributed by atoms with Crippen LogP contribution in [0, 0.1) is 0 Å². The average Bonchev–Trinajstić information content (AvgIpc) is 3.03. The maximum absolute atomic E-state index is 4.89. The topological polar surface area (TPSA) is 17.3 Å². The van der Waals surface area contributed by atoms with E-state index in [-0.39, 0.29) is 52.6 Å². The van der Waals surface area contributed by atoms with Crippen molar-refractivity contribution in [2.45, 2.75) is 19.4 Å². The first-order chi connectivity index (χ1) is 11.6. The fourth-order valence-electron chi connectivity index (χ4n) is 3.27. The van der Waals surface area contributed by atoms with E-state index in [4.69, 9.17) is 5.32 Å². The van der Waals surface area contributed by atoms with Crippen LogP contribution in [0.15, 0.2) is 72.3 Å². The van der Waals surface area contributed by atoms with Gasteiger partial charge in [-0.25, -0.2) is 0 Å². The maximum Gasteiger partial charge on any atom is 3.00 e. The Bertz CT molecular complexity index is 758. The second-order valence-electron chi connectivity index (χ2n) is 6.58. The summed E-state index contributed by atoms with van der Waals surface area (Å²) >= 11 is 0. The standard InChI is InChI=1S/C22H25N2.2ClH.Ti/c1-17(23-19-11-5-4-6-12-19)20-13-7-8-14-22(20)21-15-9-10-18(21)16-24(2)3;;;/h4-14,17H,15-16H2,1-3H3;2*1H;/q-1;;;+3/p-2. The molecule has 0 saturated heterocycles. The Morgan fingerprint density at radius 2 is 1.59 bits per heavy atom. The first-order valence-corrected chi connectivity index (χ1v) is 8.53. The van der Waals surface area contributed by atoms with Gasteiger partial charge in [0.2, 0.25) is 0 Å². The van der Waals surface area contributed by atoms with Gasteiger partial charge in [0.05, 0.1) is 0 Å². The van der Waals surface area contributed by atoms with Crippen molar-refractivity contribution < 1.29 is 46.5 Å². The van der Waals surface area contributed by atoms with Crippen LogP contribution in [-0.2, 0) is 21.7 Å². The first kappa shape index (κ1) is 26.0. The molecule has 2 aromatic carbocycles. The van der Waals surface area contributed by atoms with Crippen LogP contribution in [0.4, 0.5) is 5.69 Å². The van der Waals surface area contributed by atoms with Gasteiger partial charge in [-0.2, -0.15) is 0 Å². The van der Waals surface area contributed by atoms with Gasteiger partial charge in [0.15, 0.2) is 0 Å². The fourth-order valence-corrected chi connectivity index (χ4v) is 3.27. The first-order valence-electron chi connectivity index (χ1n) is 8.53. The molecule has 1 aliphatic carbocycles. The zero-order chi connectivity index (χ0) is 16.9. The molecule has 0 aliphatic heterocycles. The van der Waals surface area contributed by atoms with E-state index in [1.54, 1.807) is 0 Å². The van der Waals surface area contributed by atoms with Crippen molar-refractivity contribution in [2.24, 2.45) is 0 Å². The van der Waals surface area contributed by atoms with Gasteiger partial charge >= 0.3 is 21.7 Å². The number of likely N-dealkylation sites (N-methyl/N-ethyl adjacent to an activating group) is 1. The van der Waals surface area contributed by atoms with Gasteiger partial charge in [-0.3, -0.25) is 0 Å². The number of benzene rings is 2. The molecular formula is C22H25Cl2N2Ti.